The number of carbonyl (C=O) groups is 2. The third-order valence-electron chi connectivity index (χ3n) is 4.53. The largest absolute Gasteiger partial charge is 0.444 e. The lowest BCUT2D eigenvalue weighted by Gasteiger charge is -2.26. The van der Waals surface area contributed by atoms with Crippen molar-refractivity contribution in [3.8, 4) is 0 Å². The van der Waals surface area contributed by atoms with Crippen LogP contribution in [0.25, 0.3) is 0 Å². The molecule has 2 atom stereocenters. The number of rotatable bonds is 3. The summed E-state index contributed by atoms with van der Waals surface area (Å²) in [6, 6.07) is 0. The molecule has 2 saturated heterocycles. The minimum Gasteiger partial charge on any atom is -0.444 e. The standard InChI is InChI=1S/C16H28N2O5S/c1-11(2)24(21,22)10-14(19)17-6-12-8-18(9-13(12)7-17)15(20)23-16(3,4)5/h11-13H,6-10H2,1-5H3/t12-,13+. The van der Waals surface area contributed by atoms with Gasteiger partial charge in [-0.1, -0.05) is 0 Å². The van der Waals surface area contributed by atoms with E-state index in [9.17, 15) is 18.0 Å². The molecule has 2 fully saturated rings. The second kappa shape index (κ2) is 6.54. The SMILES string of the molecule is CC(C)S(=O)(=O)CC(=O)N1C[C@@H]2CN(C(=O)OC(C)(C)C)C[C@@H]2C1. The maximum atomic E-state index is 12.2. The van der Waals surface area contributed by atoms with E-state index in [1.807, 2.05) is 20.8 Å². The molecule has 0 aromatic rings. The van der Waals surface area contributed by atoms with Gasteiger partial charge in [0, 0.05) is 38.0 Å². The van der Waals surface area contributed by atoms with Crippen LogP contribution in [0.15, 0.2) is 0 Å². The number of sulfone groups is 1. The lowest BCUT2D eigenvalue weighted by atomic mass is 10.0. The third kappa shape index (κ3) is 4.40. The number of fused-ring (bicyclic) bond motifs is 1. The molecule has 0 N–H and O–H groups in total. The van der Waals surface area contributed by atoms with Crippen molar-refractivity contribution in [1.29, 1.82) is 0 Å². The molecule has 7 nitrogen and oxygen atoms in total. The van der Waals surface area contributed by atoms with Crippen molar-refractivity contribution in [2.75, 3.05) is 31.9 Å². The molecule has 0 bridgehead atoms. The van der Waals surface area contributed by atoms with Crippen LogP contribution in [0.2, 0.25) is 0 Å². The molecule has 0 aromatic heterocycles. The molecule has 24 heavy (non-hydrogen) atoms. The normalized spacial score (nSPS) is 24.4. The first kappa shape index (κ1) is 19.0. The minimum atomic E-state index is -3.38. The van der Waals surface area contributed by atoms with Crippen molar-refractivity contribution in [2.45, 2.75) is 45.5 Å². The number of carbonyl (C=O) groups excluding carboxylic acids is 2. The van der Waals surface area contributed by atoms with Gasteiger partial charge in [-0.25, -0.2) is 13.2 Å². The van der Waals surface area contributed by atoms with Crippen LogP contribution in [0.4, 0.5) is 4.79 Å². The van der Waals surface area contributed by atoms with E-state index in [4.69, 9.17) is 4.74 Å². The van der Waals surface area contributed by atoms with Crippen LogP contribution in [-0.4, -0.2) is 73.0 Å². The van der Waals surface area contributed by atoms with Crippen molar-refractivity contribution in [3.63, 3.8) is 0 Å². The van der Waals surface area contributed by atoms with E-state index in [0.29, 0.717) is 26.2 Å². The van der Waals surface area contributed by atoms with Gasteiger partial charge in [0.25, 0.3) is 0 Å². The van der Waals surface area contributed by atoms with Gasteiger partial charge >= 0.3 is 6.09 Å². The average Bonchev–Trinajstić information content (AvgIpc) is 2.93. The van der Waals surface area contributed by atoms with Crippen molar-refractivity contribution < 1.29 is 22.7 Å². The van der Waals surface area contributed by atoms with Gasteiger partial charge in [-0.15, -0.1) is 0 Å². The van der Waals surface area contributed by atoms with Gasteiger partial charge in [-0.05, 0) is 34.6 Å². The Hall–Kier alpha value is -1.31. The van der Waals surface area contributed by atoms with E-state index in [2.05, 4.69) is 0 Å². The highest BCUT2D eigenvalue weighted by Gasteiger charge is 2.44. The van der Waals surface area contributed by atoms with E-state index in [-0.39, 0.29) is 23.8 Å². The maximum Gasteiger partial charge on any atom is 0.410 e. The number of hydrogen-bond donors (Lipinski definition) is 0. The zero-order valence-corrected chi connectivity index (χ0v) is 15.9. The molecule has 2 rings (SSSR count). The Morgan fingerprint density at radius 2 is 1.50 bits per heavy atom. The highest BCUT2D eigenvalue weighted by atomic mass is 32.2. The van der Waals surface area contributed by atoms with E-state index in [1.165, 1.54) is 0 Å². The summed E-state index contributed by atoms with van der Waals surface area (Å²) < 4.78 is 29.2. The molecule has 138 valence electrons. The summed E-state index contributed by atoms with van der Waals surface area (Å²) in [4.78, 5) is 27.7. The molecule has 0 spiro atoms. The van der Waals surface area contributed by atoms with Gasteiger partial charge in [-0.2, -0.15) is 0 Å². The smallest absolute Gasteiger partial charge is 0.410 e. The predicted molar refractivity (Wildman–Crippen MR) is 90.3 cm³/mol. The Bertz CT molecular complexity index is 594. The molecule has 2 aliphatic heterocycles. The summed E-state index contributed by atoms with van der Waals surface area (Å²) in [5.41, 5.74) is -0.526. The Labute approximate surface area is 144 Å². The third-order valence-corrected chi connectivity index (χ3v) is 6.62. The molecule has 2 heterocycles. The van der Waals surface area contributed by atoms with Gasteiger partial charge in [0.15, 0.2) is 9.84 Å². The predicted octanol–water partition coefficient (Wildman–Crippen LogP) is 1.13. The monoisotopic (exact) mass is 360 g/mol. The maximum absolute atomic E-state index is 12.2. The fourth-order valence-corrected chi connectivity index (χ4v) is 3.96. The Kier molecular flexibility index (Phi) is 5.18. The molecule has 2 aliphatic rings. The molecule has 0 aliphatic carbocycles. The second-order valence-electron chi connectivity index (χ2n) is 8.06. The first-order valence-corrected chi connectivity index (χ1v) is 10.1. The fraction of sp³-hybridized carbons (Fsp3) is 0.875. The first-order chi connectivity index (χ1) is 10.9. The number of likely N-dealkylation sites (tertiary alicyclic amines) is 2. The zero-order chi connectivity index (χ0) is 18.3. The van der Waals surface area contributed by atoms with E-state index in [1.54, 1.807) is 23.6 Å². The highest BCUT2D eigenvalue weighted by molar-refractivity contribution is 7.92. The average molecular weight is 360 g/mol. The molecule has 8 heteroatoms. The van der Waals surface area contributed by atoms with Crippen molar-refractivity contribution >= 4 is 21.8 Å². The molecule has 0 saturated carbocycles. The number of amides is 2. The van der Waals surface area contributed by atoms with Crippen molar-refractivity contribution in [3.05, 3.63) is 0 Å². The zero-order valence-electron chi connectivity index (χ0n) is 15.1. The van der Waals surface area contributed by atoms with Crippen molar-refractivity contribution in [1.82, 2.24) is 9.80 Å². The quantitative estimate of drug-likeness (QED) is 0.753. The van der Waals surface area contributed by atoms with Crippen LogP contribution in [0.5, 0.6) is 0 Å². The fourth-order valence-electron chi connectivity index (χ4n) is 3.10. The topological polar surface area (TPSA) is 84.0 Å². The van der Waals surface area contributed by atoms with E-state index in [0.717, 1.165) is 0 Å². The summed E-state index contributed by atoms with van der Waals surface area (Å²) in [7, 11) is -3.38. The Morgan fingerprint density at radius 3 is 1.92 bits per heavy atom. The molecule has 0 aromatic carbocycles. The minimum absolute atomic E-state index is 0.197. The molecular weight excluding hydrogens is 332 g/mol. The van der Waals surface area contributed by atoms with Crippen LogP contribution in [0, 0.1) is 11.8 Å². The molecular formula is C16H28N2O5S. The van der Waals surface area contributed by atoms with E-state index < -0.39 is 26.4 Å². The number of nitrogens with zero attached hydrogens (tertiary/aromatic N) is 2. The van der Waals surface area contributed by atoms with Crippen LogP contribution in [-0.2, 0) is 19.4 Å². The number of ether oxygens (including phenoxy) is 1. The Morgan fingerprint density at radius 1 is 1.04 bits per heavy atom. The molecule has 0 radical (unpaired) electrons. The van der Waals surface area contributed by atoms with Crippen LogP contribution < -0.4 is 0 Å². The number of hydrogen-bond acceptors (Lipinski definition) is 5. The lowest BCUT2D eigenvalue weighted by molar-refractivity contribution is -0.127. The van der Waals surface area contributed by atoms with E-state index >= 15 is 0 Å². The van der Waals surface area contributed by atoms with Gasteiger partial charge < -0.3 is 14.5 Å². The summed E-state index contributed by atoms with van der Waals surface area (Å²) >= 11 is 0. The Balaban J connectivity index is 1.89. The van der Waals surface area contributed by atoms with Crippen LogP contribution in [0.1, 0.15) is 34.6 Å². The molecule has 0 unspecified atom stereocenters. The summed E-state index contributed by atoms with van der Waals surface area (Å²) in [6.07, 6.45) is -0.322. The first-order valence-electron chi connectivity index (χ1n) is 8.36. The van der Waals surface area contributed by atoms with Gasteiger partial charge in [0.05, 0.1) is 5.25 Å². The van der Waals surface area contributed by atoms with Crippen LogP contribution in [0.3, 0.4) is 0 Å². The van der Waals surface area contributed by atoms with Crippen LogP contribution >= 0.6 is 0 Å². The van der Waals surface area contributed by atoms with Gasteiger partial charge in [-0.3, -0.25) is 4.79 Å². The van der Waals surface area contributed by atoms with Gasteiger partial charge in [0.2, 0.25) is 5.91 Å². The lowest BCUT2D eigenvalue weighted by Crippen LogP contribution is -2.40. The summed E-state index contributed by atoms with van der Waals surface area (Å²) in [5, 5.41) is -0.550. The highest BCUT2D eigenvalue weighted by Crippen LogP contribution is 2.32. The van der Waals surface area contributed by atoms with Crippen molar-refractivity contribution in [2.24, 2.45) is 11.8 Å². The van der Waals surface area contributed by atoms with Gasteiger partial charge in [0.1, 0.15) is 11.4 Å². The molecule has 2 amide bonds. The second-order valence-corrected chi connectivity index (χ2v) is 10.6. The summed E-state index contributed by atoms with van der Waals surface area (Å²) in [5.74, 6) is -0.367. The summed E-state index contributed by atoms with van der Waals surface area (Å²) in [6.45, 7) is 10.8.